The Labute approximate surface area is 90.6 Å². The minimum absolute atomic E-state index is 0.0730. The Morgan fingerprint density at radius 3 is 2.73 bits per heavy atom. The summed E-state index contributed by atoms with van der Waals surface area (Å²) in [5, 5.41) is 3.14. The second-order valence-electron chi connectivity index (χ2n) is 3.63. The summed E-state index contributed by atoms with van der Waals surface area (Å²) >= 11 is 0. The first kappa shape index (κ1) is 12.3. The van der Waals surface area contributed by atoms with Crippen LogP contribution in [0.1, 0.15) is 12.7 Å². The molecule has 15 heavy (non-hydrogen) atoms. The molecular weight excluding hydrogens is 214 g/mol. The fourth-order valence-electron chi connectivity index (χ4n) is 1.52. The first-order valence-electron chi connectivity index (χ1n) is 4.94. The first-order chi connectivity index (χ1) is 7.01. The number of rotatable bonds is 6. The molecule has 86 valence electrons. The summed E-state index contributed by atoms with van der Waals surface area (Å²) in [6, 6.07) is 3.59. The van der Waals surface area contributed by atoms with Crippen LogP contribution in [0.4, 0.5) is 0 Å². The van der Waals surface area contributed by atoms with E-state index in [-0.39, 0.29) is 11.8 Å². The molecule has 0 aromatic carbocycles. The van der Waals surface area contributed by atoms with Crippen molar-refractivity contribution < 1.29 is 12.8 Å². The lowest BCUT2D eigenvalue weighted by atomic mass is 10.2. The predicted octanol–water partition coefficient (Wildman–Crippen LogP) is 0.845. The number of sulfone groups is 1. The maximum absolute atomic E-state index is 11.2. The highest BCUT2D eigenvalue weighted by molar-refractivity contribution is 7.90. The zero-order chi connectivity index (χ0) is 11.3. The zero-order valence-electron chi connectivity index (χ0n) is 9.06. The highest BCUT2D eigenvalue weighted by atomic mass is 32.2. The molecule has 0 saturated heterocycles. The van der Waals surface area contributed by atoms with Gasteiger partial charge in [-0.1, -0.05) is 6.92 Å². The van der Waals surface area contributed by atoms with E-state index < -0.39 is 9.84 Å². The summed E-state index contributed by atoms with van der Waals surface area (Å²) in [7, 11) is -2.95. The van der Waals surface area contributed by atoms with E-state index >= 15 is 0 Å². The van der Waals surface area contributed by atoms with Gasteiger partial charge >= 0.3 is 0 Å². The van der Waals surface area contributed by atoms with E-state index in [1.165, 1.54) is 6.26 Å². The van der Waals surface area contributed by atoms with Crippen molar-refractivity contribution in [2.45, 2.75) is 19.4 Å². The molecule has 0 aliphatic heterocycles. The van der Waals surface area contributed by atoms with E-state index in [4.69, 9.17) is 4.42 Å². The normalized spacial score (nSPS) is 14.0. The lowest BCUT2D eigenvalue weighted by molar-refractivity contribution is 0.461. The van der Waals surface area contributed by atoms with Crippen molar-refractivity contribution in [2.75, 3.05) is 18.6 Å². The first-order valence-corrected chi connectivity index (χ1v) is 7.01. The Morgan fingerprint density at radius 2 is 2.27 bits per heavy atom. The Morgan fingerprint density at radius 1 is 1.53 bits per heavy atom. The largest absolute Gasteiger partial charge is 0.469 e. The molecule has 0 bridgehead atoms. The highest BCUT2D eigenvalue weighted by Gasteiger charge is 2.15. The van der Waals surface area contributed by atoms with Crippen LogP contribution in [0, 0.1) is 0 Å². The third-order valence-corrected chi connectivity index (χ3v) is 3.03. The summed E-state index contributed by atoms with van der Waals surface area (Å²) in [5.74, 6) is 0.950. The molecule has 0 amide bonds. The Balaban J connectivity index is 2.58. The predicted molar refractivity (Wildman–Crippen MR) is 59.6 cm³/mol. The Hall–Kier alpha value is -0.810. The van der Waals surface area contributed by atoms with E-state index in [1.807, 2.05) is 13.0 Å². The number of hydrogen-bond acceptors (Lipinski definition) is 4. The van der Waals surface area contributed by atoms with Gasteiger partial charge in [0.25, 0.3) is 0 Å². The fourth-order valence-corrected chi connectivity index (χ4v) is 2.48. The van der Waals surface area contributed by atoms with Crippen LogP contribution in [-0.4, -0.2) is 33.0 Å². The summed E-state index contributed by atoms with van der Waals surface area (Å²) in [4.78, 5) is 0. The van der Waals surface area contributed by atoms with Gasteiger partial charge in [0.1, 0.15) is 15.6 Å². The average molecular weight is 231 g/mol. The lowest BCUT2D eigenvalue weighted by Crippen LogP contribution is -2.37. The summed E-state index contributed by atoms with van der Waals surface area (Å²) in [6.07, 6.45) is 3.45. The van der Waals surface area contributed by atoms with Gasteiger partial charge in [-0.05, 0) is 18.7 Å². The molecule has 1 heterocycles. The number of hydrogen-bond donors (Lipinski definition) is 1. The molecule has 1 atom stereocenters. The molecule has 1 aromatic rings. The van der Waals surface area contributed by atoms with Gasteiger partial charge in [-0.25, -0.2) is 8.42 Å². The van der Waals surface area contributed by atoms with Crippen LogP contribution in [0.2, 0.25) is 0 Å². The van der Waals surface area contributed by atoms with Gasteiger partial charge in [0, 0.05) is 18.7 Å². The maximum atomic E-state index is 11.2. The van der Waals surface area contributed by atoms with Crippen LogP contribution in [0.5, 0.6) is 0 Å². The number of likely N-dealkylation sites (N-methyl/N-ethyl adjacent to an activating group) is 1. The molecule has 0 aliphatic rings. The van der Waals surface area contributed by atoms with E-state index in [1.54, 1.807) is 12.3 Å². The molecule has 5 heteroatoms. The van der Waals surface area contributed by atoms with Crippen LogP contribution < -0.4 is 5.32 Å². The molecule has 1 rings (SSSR count). The van der Waals surface area contributed by atoms with Crippen molar-refractivity contribution in [3.05, 3.63) is 24.2 Å². The zero-order valence-corrected chi connectivity index (χ0v) is 9.88. The molecule has 0 saturated carbocycles. The lowest BCUT2D eigenvalue weighted by Gasteiger charge is -2.15. The molecule has 0 fully saturated rings. The quantitative estimate of drug-likeness (QED) is 0.788. The standard InChI is InChI=1S/C10H17NO3S/c1-3-11-9(8-15(2,12)13)7-10-5-4-6-14-10/h4-6,9,11H,3,7-8H2,1-2H3. The van der Waals surface area contributed by atoms with Gasteiger partial charge in [-0.3, -0.25) is 0 Å². The Bertz CT molecular complexity index is 369. The van der Waals surface area contributed by atoms with Crippen molar-refractivity contribution in [3.63, 3.8) is 0 Å². The minimum atomic E-state index is -2.95. The second-order valence-corrected chi connectivity index (χ2v) is 5.82. The van der Waals surface area contributed by atoms with Gasteiger partial charge in [0.2, 0.25) is 0 Å². The van der Waals surface area contributed by atoms with Crippen LogP contribution in [-0.2, 0) is 16.3 Å². The van der Waals surface area contributed by atoms with Gasteiger partial charge in [-0.2, -0.15) is 0 Å². The third-order valence-electron chi connectivity index (χ3n) is 2.02. The van der Waals surface area contributed by atoms with Crippen LogP contribution in [0.15, 0.2) is 22.8 Å². The third kappa shape index (κ3) is 4.99. The molecule has 4 nitrogen and oxygen atoms in total. The summed E-state index contributed by atoms with van der Waals surface area (Å²) < 4.78 is 27.5. The monoisotopic (exact) mass is 231 g/mol. The van der Waals surface area contributed by atoms with E-state index in [2.05, 4.69) is 5.32 Å². The van der Waals surface area contributed by atoms with E-state index in [9.17, 15) is 8.42 Å². The number of nitrogens with one attached hydrogen (secondary N) is 1. The minimum Gasteiger partial charge on any atom is -0.469 e. The van der Waals surface area contributed by atoms with Gasteiger partial charge in [-0.15, -0.1) is 0 Å². The van der Waals surface area contributed by atoms with Crippen LogP contribution in [0.3, 0.4) is 0 Å². The van der Waals surface area contributed by atoms with Gasteiger partial charge < -0.3 is 9.73 Å². The molecule has 1 aromatic heterocycles. The number of furan rings is 1. The van der Waals surface area contributed by atoms with E-state index in [0.717, 1.165) is 12.3 Å². The van der Waals surface area contributed by atoms with Crippen molar-refractivity contribution in [3.8, 4) is 0 Å². The van der Waals surface area contributed by atoms with Crippen molar-refractivity contribution in [2.24, 2.45) is 0 Å². The fraction of sp³-hybridized carbons (Fsp3) is 0.600. The summed E-state index contributed by atoms with van der Waals surface area (Å²) in [5.41, 5.74) is 0. The summed E-state index contributed by atoms with van der Waals surface area (Å²) in [6.45, 7) is 2.71. The molecule has 1 N–H and O–H groups in total. The maximum Gasteiger partial charge on any atom is 0.148 e. The molecule has 0 aliphatic carbocycles. The van der Waals surface area contributed by atoms with E-state index in [0.29, 0.717) is 6.42 Å². The SMILES string of the molecule is CCNC(Cc1ccco1)CS(C)(=O)=O. The molecular formula is C10H17NO3S. The van der Waals surface area contributed by atoms with Crippen LogP contribution >= 0.6 is 0 Å². The Kier molecular flexibility index (Phi) is 4.35. The topological polar surface area (TPSA) is 59.3 Å². The second kappa shape index (κ2) is 5.32. The van der Waals surface area contributed by atoms with Crippen LogP contribution in [0.25, 0.3) is 0 Å². The van der Waals surface area contributed by atoms with Crippen molar-refractivity contribution in [1.29, 1.82) is 0 Å². The highest BCUT2D eigenvalue weighted by Crippen LogP contribution is 2.05. The molecule has 0 radical (unpaired) electrons. The smallest absolute Gasteiger partial charge is 0.148 e. The van der Waals surface area contributed by atoms with Crippen molar-refractivity contribution in [1.82, 2.24) is 5.32 Å². The average Bonchev–Trinajstić information content (AvgIpc) is 2.54. The van der Waals surface area contributed by atoms with Gasteiger partial charge in [0.15, 0.2) is 0 Å². The molecule has 0 spiro atoms. The van der Waals surface area contributed by atoms with Gasteiger partial charge in [0.05, 0.1) is 12.0 Å². The molecule has 1 unspecified atom stereocenters. The van der Waals surface area contributed by atoms with Crippen molar-refractivity contribution >= 4 is 9.84 Å².